The molecule has 1 heterocycles. The molecule has 1 N–H and O–H groups in total. The standard InChI is InChI=1S/C14H17N3O3/c1-19-12-4-3-10(7-13(12)20-2)14(18)17-6-5-16-9-11(17)8-15/h3-4,7,11,16H,5-6,9H2,1-2H3. The molecule has 0 radical (unpaired) electrons. The summed E-state index contributed by atoms with van der Waals surface area (Å²) >= 11 is 0. The molecule has 1 unspecified atom stereocenters. The molecule has 1 atom stereocenters. The van der Waals surface area contributed by atoms with Crippen LogP contribution in [0.2, 0.25) is 0 Å². The first kappa shape index (κ1) is 14.2. The average molecular weight is 275 g/mol. The highest BCUT2D eigenvalue weighted by molar-refractivity contribution is 5.95. The maximum Gasteiger partial charge on any atom is 0.255 e. The number of methoxy groups -OCH3 is 2. The molecule has 0 spiro atoms. The number of carbonyl (C=O) groups is 1. The van der Waals surface area contributed by atoms with E-state index in [9.17, 15) is 4.79 Å². The van der Waals surface area contributed by atoms with E-state index in [0.29, 0.717) is 36.7 Å². The smallest absolute Gasteiger partial charge is 0.255 e. The molecule has 1 fully saturated rings. The van der Waals surface area contributed by atoms with Gasteiger partial charge in [0.2, 0.25) is 0 Å². The van der Waals surface area contributed by atoms with Gasteiger partial charge in [0.05, 0.1) is 20.3 Å². The Hall–Kier alpha value is -2.26. The van der Waals surface area contributed by atoms with Crippen molar-refractivity contribution in [1.82, 2.24) is 10.2 Å². The molecule has 1 aromatic carbocycles. The number of hydrogen-bond donors (Lipinski definition) is 1. The number of amides is 1. The Labute approximate surface area is 117 Å². The molecule has 20 heavy (non-hydrogen) atoms. The zero-order valence-corrected chi connectivity index (χ0v) is 11.5. The Kier molecular flexibility index (Phi) is 4.43. The molecule has 1 aliphatic rings. The Morgan fingerprint density at radius 2 is 2.15 bits per heavy atom. The zero-order chi connectivity index (χ0) is 14.5. The first-order chi connectivity index (χ1) is 9.71. The molecule has 1 saturated heterocycles. The summed E-state index contributed by atoms with van der Waals surface area (Å²) in [6.07, 6.45) is 0. The van der Waals surface area contributed by atoms with Crippen LogP contribution >= 0.6 is 0 Å². The number of piperazine rings is 1. The van der Waals surface area contributed by atoms with E-state index in [4.69, 9.17) is 14.7 Å². The van der Waals surface area contributed by atoms with Crippen molar-refractivity contribution in [1.29, 1.82) is 5.26 Å². The zero-order valence-electron chi connectivity index (χ0n) is 11.5. The molecule has 2 rings (SSSR count). The average Bonchev–Trinajstić information content (AvgIpc) is 2.53. The first-order valence-electron chi connectivity index (χ1n) is 6.34. The van der Waals surface area contributed by atoms with Crippen LogP contribution in [0, 0.1) is 11.3 Å². The fourth-order valence-electron chi connectivity index (χ4n) is 2.20. The minimum atomic E-state index is -0.440. The van der Waals surface area contributed by atoms with Crippen molar-refractivity contribution >= 4 is 5.91 Å². The van der Waals surface area contributed by atoms with Crippen molar-refractivity contribution in [3.63, 3.8) is 0 Å². The number of rotatable bonds is 3. The van der Waals surface area contributed by atoms with Gasteiger partial charge in [0, 0.05) is 25.2 Å². The predicted molar refractivity (Wildman–Crippen MR) is 72.9 cm³/mol. The van der Waals surface area contributed by atoms with Crippen LogP contribution in [0.4, 0.5) is 0 Å². The van der Waals surface area contributed by atoms with Crippen LogP contribution in [0.1, 0.15) is 10.4 Å². The quantitative estimate of drug-likeness (QED) is 0.876. The fraction of sp³-hybridized carbons (Fsp3) is 0.429. The van der Waals surface area contributed by atoms with Crippen LogP contribution in [-0.4, -0.2) is 50.7 Å². The van der Waals surface area contributed by atoms with E-state index in [1.165, 1.54) is 7.11 Å². The van der Waals surface area contributed by atoms with Crippen molar-refractivity contribution in [2.45, 2.75) is 6.04 Å². The minimum Gasteiger partial charge on any atom is -0.493 e. The van der Waals surface area contributed by atoms with Crippen molar-refractivity contribution in [3.05, 3.63) is 23.8 Å². The number of nitrogens with one attached hydrogen (secondary N) is 1. The molecule has 0 aromatic heterocycles. The second-order valence-corrected chi connectivity index (χ2v) is 4.42. The number of benzene rings is 1. The molecule has 6 heteroatoms. The van der Waals surface area contributed by atoms with Crippen LogP contribution in [0.15, 0.2) is 18.2 Å². The second-order valence-electron chi connectivity index (χ2n) is 4.42. The van der Waals surface area contributed by atoms with E-state index in [1.807, 2.05) is 0 Å². The van der Waals surface area contributed by atoms with E-state index in [1.54, 1.807) is 30.2 Å². The number of nitrogens with zero attached hydrogens (tertiary/aromatic N) is 2. The van der Waals surface area contributed by atoms with Gasteiger partial charge in [-0.1, -0.05) is 0 Å². The first-order valence-corrected chi connectivity index (χ1v) is 6.34. The van der Waals surface area contributed by atoms with Gasteiger partial charge in [0.15, 0.2) is 11.5 Å². The van der Waals surface area contributed by atoms with Gasteiger partial charge in [-0.15, -0.1) is 0 Å². The van der Waals surface area contributed by atoms with Crippen LogP contribution in [0.25, 0.3) is 0 Å². The summed E-state index contributed by atoms with van der Waals surface area (Å²) in [4.78, 5) is 14.1. The Morgan fingerprint density at radius 1 is 1.40 bits per heavy atom. The second kappa shape index (κ2) is 6.26. The lowest BCUT2D eigenvalue weighted by atomic mass is 10.1. The molecule has 1 aliphatic heterocycles. The molecule has 1 aromatic rings. The summed E-state index contributed by atoms with van der Waals surface area (Å²) in [7, 11) is 3.07. The van der Waals surface area contributed by atoms with Gasteiger partial charge in [-0.05, 0) is 18.2 Å². The number of nitriles is 1. The normalized spacial score (nSPS) is 18.2. The van der Waals surface area contributed by atoms with Gasteiger partial charge in [0.1, 0.15) is 6.04 Å². The lowest BCUT2D eigenvalue weighted by molar-refractivity contribution is 0.0686. The summed E-state index contributed by atoms with van der Waals surface area (Å²) in [5.41, 5.74) is 0.491. The summed E-state index contributed by atoms with van der Waals surface area (Å²) < 4.78 is 10.3. The molecule has 0 saturated carbocycles. The van der Waals surface area contributed by atoms with Crippen LogP contribution in [0.5, 0.6) is 11.5 Å². The van der Waals surface area contributed by atoms with Crippen molar-refractivity contribution in [3.8, 4) is 17.6 Å². The number of ether oxygens (including phenoxy) is 2. The SMILES string of the molecule is COc1ccc(C(=O)N2CCNCC2C#N)cc1OC. The lowest BCUT2D eigenvalue weighted by Crippen LogP contribution is -2.53. The third-order valence-corrected chi connectivity index (χ3v) is 3.28. The van der Waals surface area contributed by atoms with E-state index in [-0.39, 0.29) is 5.91 Å². The third-order valence-electron chi connectivity index (χ3n) is 3.28. The highest BCUT2D eigenvalue weighted by Crippen LogP contribution is 2.28. The minimum absolute atomic E-state index is 0.168. The summed E-state index contributed by atoms with van der Waals surface area (Å²) in [6.45, 7) is 1.71. The molecule has 0 bridgehead atoms. The van der Waals surface area contributed by atoms with Gasteiger partial charge < -0.3 is 19.7 Å². The molecule has 6 nitrogen and oxygen atoms in total. The van der Waals surface area contributed by atoms with Crippen LogP contribution < -0.4 is 14.8 Å². The van der Waals surface area contributed by atoms with Crippen LogP contribution in [-0.2, 0) is 0 Å². The summed E-state index contributed by atoms with van der Waals surface area (Å²) in [5.74, 6) is 0.905. The third kappa shape index (κ3) is 2.68. The van der Waals surface area contributed by atoms with E-state index >= 15 is 0 Å². The topological polar surface area (TPSA) is 74.6 Å². The molecular weight excluding hydrogens is 258 g/mol. The maximum atomic E-state index is 12.5. The molecule has 106 valence electrons. The van der Waals surface area contributed by atoms with Crippen molar-refractivity contribution in [2.75, 3.05) is 33.9 Å². The molecular formula is C14H17N3O3. The Balaban J connectivity index is 2.26. The highest BCUT2D eigenvalue weighted by atomic mass is 16.5. The number of hydrogen-bond acceptors (Lipinski definition) is 5. The number of carbonyl (C=O) groups excluding carboxylic acids is 1. The largest absolute Gasteiger partial charge is 0.493 e. The van der Waals surface area contributed by atoms with E-state index in [0.717, 1.165) is 0 Å². The Morgan fingerprint density at radius 3 is 2.80 bits per heavy atom. The fourth-order valence-corrected chi connectivity index (χ4v) is 2.20. The van der Waals surface area contributed by atoms with Crippen LogP contribution in [0.3, 0.4) is 0 Å². The molecule has 1 amide bonds. The summed E-state index contributed by atoms with van der Waals surface area (Å²) in [5, 5.41) is 12.2. The lowest BCUT2D eigenvalue weighted by Gasteiger charge is -2.32. The predicted octanol–water partition coefficient (Wildman–Crippen LogP) is 0.641. The van der Waals surface area contributed by atoms with E-state index < -0.39 is 6.04 Å². The monoisotopic (exact) mass is 275 g/mol. The van der Waals surface area contributed by atoms with Gasteiger partial charge in [-0.2, -0.15) is 5.26 Å². The van der Waals surface area contributed by atoms with Crippen molar-refractivity contribution in [2.24, 2.45) is 0 Å². The van der Waals surface area contributed by atoms with Gasteiger partial charge >= 0.3 is 0 Å². The van der Waals surface area contributed by atoms with E-state index in [2.05, 4.69) is 11.4 Å². The summed E-state index contributed by atoms with van der Waals surface area (Å²) in [6, 6.07) is 6.71. The van der Waals surface area contributed by atoms with Gasteiger partial charge in [-0.25, -0.2) is 0 Å². The Bertz CT molecular complexity index is 539. The van der Waals surface area contributed by atoms with Crippen molar-refractivity contribution < 1.29 is 14.3 Å². The maximum absolute atomic E-state index is 12.5. The van der Waals surface area contributed by atoms with Gasteiger partial charge in [0.25, 0.3) is 5.91 Å². The van der Waals surface area contributed by atoms with Gasteiger partial charge in [-0.3, -0.25) is 4.79 Å². The highest BCUT2D eigenvalue weighted by Gasteiger charge is 2.27. The molecule has 0 aliphatic carbocycles.